The summed E-state index contributed by atoms with van der Waals surface area (Å²) < 4.78 is 7.15. The van der Waals surface area contributed by atoms with Crippen molar-refractivity contribution in [1.29, 1.82) is 0 Å². The Morgan fingerprint density at radius 3 is 2.90 bits per heavy atom. The highest BCUT2D eigenvalue weighted by atomic mass is 32.2. The van der Waals surface area contributed by atoms with Gasteiger partial charge in [0.1, 0.15) is 5.75 Å². The van der Waals surface area contributed by atoms with Crippen molar-refractivity contribution in [2.24, 2.45) is 0 Å². The summed E-state index contributed by atoms with van der Waals surface area (Å²) in [5, 5.41) is 31.0. The van der Waals surface area contributed by atoms with Gasteiger partial charge in [-0.1, -0.05) is 23.9 Å². The first-order valence-corrected chi connectivity index (χ1v) is 7.61. The van der Waals surface area contributed by atoms with E-state index in [0.29, 0.717) is 23.0 Å². The fraction of sp³-hybridized carbons (Fsp3) is 0.417. The number of nitrogens with zero attached hydrogens (tertiary/aromatic N) is 4. The van der Waals surface area contributed by atoms with Crippen LogP contribution in [0.15, 0.2) is 23.4 Å². The Kier molecular flexibility index (Phi) is 4.13. The largest absolute Gasteiger partial charge is 0.496 e. The number of tetrazole rings is 1. The van der Waals surface area contributed by atoms with E-state index in [0.717, 1.165) is 23.6 Å². The van der Waals surface area contributed by atoms with Gasteiger partial charge < -0.3 is 14.8 Å². The van der Waals surface area contributed by atoms with E-state index in [-0.39, 0.29) is 0 Å². The van der Waals surface area contributed by atoms with Crippen molar-refractivity contribution in [1.82, 2.24) is 20.2 Å². The SMILES string of the molecule is COc1ccc(B(O)O)cc1CSc1nnnn1C1CC1. The van der Waals surface area contributed by atoms with Gasteiger partial charge in [-0.25, -0.2) is 4.68 Å². The van der Waals surface area contributed by atoms with Gasteiger partial charge in [-0.3, -0.25) is 0 Å². The molecule has 21 heavy (non-hydrogen) atoms. The number of benzene rings is 1. The molecule has 0 amide bonds. The van der Waals surface area contributed by atoms with Crippen LogP contribution in [0.2, 0.25) is 0 Å². The molecule has 1 fully saturated rings. The van der Waals surface area contributed by atoms with E-state index in [4.69, 9.17) is 4.74 Å². The second-order valence-corrected chi connectivity index (χ2v) is 5.81. The second-order valence-electron chi connectivity index (χ2n) is 4.87. The van der Waals surface area contributed by atoms with E-state index in [1.807, 2.05) is 4.68 Å². The molecule has 1 aromatic carbocycles. The fourth-order valence-electron chi connectivity index (χ4n) is 2.04. The molecule has 1 saturated carbocycles. The molecular formula is C12H15BN4O3S. The Balaban J connectivity index is 1.77. The summed E-state index contributed by atoms with van der Waals surface area (Å²) >= 11 is 1.51. The lowest BCUT2D eigenvalue weighted by molar-refractivity contribution is 0.410. The van der Waals surface area contributed by atoms with E-state index in [2.05, 4.69) is 15.5 Å². The summed E-state index contributed by atoms with van der Waals surface area (Å²) in [7, 11) is 0.101. The van der Waals surface area contributed by atoms with Crippen LogP contribution >= 0.6 is 11.8 Å². The van der Waals surface area contributed by atoms with Crippen LogP contribution in [-0.2, 0) is 5.75 Å². The zero-order chi connectivity index (χ0) is 14.8. The van der Waals surface area contributed by atoms with Crippen LogP contribution in [0.5, 0.6) is 5.75 Å². The summed E-state index contributed by atoms with van der Waals surface area (Å²) in [5.74, 6) is 1.30. The quantitative estimate of drug-likeness (QED) is 0.572. The Morgan fingerprint density at radius 2 is 2.24 bits per heavy atom. The first-order chi connectivity index (χ1) is 10.2. The van der Waals surface area contributed by atoms with Crippen molar-refractivity contribution in [2.45, 2.75) is 29.8 Å². The zero-order valence-corrected chi connectivity index (χ0v) is 12.3. The van der Waals surface area contributed by atoms with Crippen LogP contribution in [0, 0.1) is 0 Å². The summed E-state index contributed by atoms with van der Waals surface area (Å²) in [6, 6.07) is 5.51. The standard InChI is InChI=1S/C12H15BN4O3S/c1-20-11-5-2-9(13(18)19)6-8(11)7-21-12-14-15-16-17(12)10-3-4-10/h2,5-6,10,18-19H,3-4,7H2,1H3. The van der Waals surface area contributed by atoms with Gasteiger partial charge in [-0.15, -0.1) is 5.10 Å². The topological polar surface area (TPSA) is 93.3 Å². The van der Waals surface area contributed by atoms with Gasteiger partial charge in [-0.2, -0.15) is 0 Å². The normalized spacial score (nSPS) is 14.2. The predicted octanol–water partition coefficient (Wildman–Crippen LogP) is -0.0113. The van der Waals surface area contributed by atoms with Crippen molar-refractivity contribution in [3.05, 3.63) is 23.8 Å². The van der Waals surface area contributed by atoms with Gasteiger partial charge in [0.2, 0.25) is 5.16 Å². The number of aromatic nitrogens is 4. The molecule has 7 nitrogen and oxygen atoms in total. The van der Waals surface area contributed by atoms with E-state index >= 15 is 0 Å². The Hall–Kier alpha value is -1.58. The average Bonchev–Trinajstić information content (AvgIpc) is 3.23. The highest BCUT2D eigenvalue weighted by Crippen LogP contribution is 2.37. The molecule has 0 saturated heterocycles. The Bertz CT molecular complexity index is 633. The molecule has 9 heteroatoms. The van der Waals surface area contributed by atoms with Crippen molar-refractivity contribution < 1.29 is 14.8 Å². The molecule has 0 bridgehead atoms. The lowest BCUT2D eigenvalue weighted by Gasteiger charge is -2.10. The van der Waals surface area contributed by atoms with Gasteiger partial charge in [0, 0.05) is 11.3 Å². The first-order valence-electron chi connectivity index (χ1n) is 6.62. The van der Waals surface area contributed by atoms with Gasteiger partial charge >= 0.3 is 7.12 Å². The van der Waals surface area contributed by atoms with Gasteiger partial charge in [0.15, 0.2) is 0 Å². The third-order valence-corrected chi connectivity index (χ3v) is 4.30. The number of ether oxygens (including phenoxy) is 1. The molecule has 0 unspecified atom stereocenters. The fourth-order valence-corrected chi connectivity index (χ4v) is 2.97. The molecule has 0 spiro atoms. The molecular weight excluding hydrogens is 291 g/mol. The lowest BCUT2D eigenvalue weighted by Crippen LogP contribution is -2.30. The third-order valence-electron chi connectivity index (χ3n) is 3.31. The summed E-state index contributed by atoms with van der Waals surface area (Å²) in [6.07, 6.45) is 2.24. The summed E-state index contributed by atoms with van der Waals surface area (Å²) in [4.78, 5) is 0. The molecule has 0 aliphatic heterocycles. The van der Waals surface area contributed by atoms with Crippen LogP contribution < -0.4 is 10.2 Å². The van der Waals surface area contributed by atoms with Crippen molar-refractivity contribution in [3.63, 3.8) is 0 Å². The van der Waals surface area contributed by atoms with Crippen LogP contribution in [0.1, 0.15) is 24.4 Å². The highest BCUT2D eigenvalue weighted by molar-refractivity contribution is 7.98. The van der Waals surface area contributed by atoms with Gasteiger partial charge in [-0.05, 0) is 34.8 Å². The molecule has 3 rings (SSSR count). The van der Waals surface area contributed by atoms with Crippen molar-refractivity contribution in [2.75, 3.05) is 7.11 Å². The molecule has 1 aliphatic rings. The Labute approximate surface area is 126 Å². The molecule has 0 atom stereocenters. The number of hydrogen-bond donors (Lipinski definition) is 2. The molecule has 0 radical (unpaired) electrons. The summed E-state index contributed by atoms with van der Waals surface area (Å²) in [6.45, 7) is 0. The van der Waals surface area contributed by atoms with Crippen molar-refractivity contribution >= 4 is 24.3 Å². The molecule has 110 valence electrons. The number of rotatable bonds is 6. The minimum Gasteiger partial charge on any atom is -0.496 e. The van der Waals surface area contributed by atoms with E-state index in [9.17, 15) is 10.0 Å². The average molecular weight is 306 g/mol. The van der Waals surface area contributed by atoms with E-state index < -0.39 is 7.12 Å². The first kappa shape index (κ1) is 14.4. The lowest BCUT2D eigenvalue weighted by atomic mass is 9.79. The number of hydrogen-bond acceptors (Lipinski definition) is 7. The number of thioether (sulfide) groups is 1. The molecule has 2 N–H and O–H groups in total. The maximum Gasteiger partial charge on any atom is 0.488 e. The Morgan fingerprint density at radius 1 is 1.43 bits per heavy atom. The third kappa shape index (κ3) is 3.20. The van der Waals surface area contributed by atoms with E-state index in [1.165, 1.54) is 11.8 Å². The van der Waals surface area contributed by atoms with Gasteiger partial charge in [0.25, 0.3) is 0 Å². The molecule has 2 aromatic rings. The highest BCUT2D eigenvalue weighted by Gasteiger charge is 2.28. The predicted molar refractivity (Wildman–Crippen MR) is 78.5 cm³/mol. The van der Waals surface area contributed by atoms with E-state index in [1.54, 1.807) is 25.3 Å². The number of methoxy groups -OCH3 is 1. The minimum absolute atomic E-state index is 0.426. The maximum absolute atomic E-state index is 9.26. The minimum atomic E-state index is -1.49. The zero-order valence-electron chi connectivity index (χ0n) is 11.5. The monoisotopic (exact) mass is 306 g/mol. The smallest absolute Gasteiger partial charge is 0.488 e. The van der Waals surface area contributed by atoms with Gasteiger partial charge in [0.05, 0.1) is 13.2 Å². The molecule has 1 aliphatic carbocycles. The van der Waals surface area contributed by atoms with Crippen molar-refractivity contribution in [3.8, 4) is 5.75 Å². The maximum atomic E-state index is 9.26. The van der Waals surface area contributed by atoms with Crippen LogP contribution in [0.25, 0.3) is 0 Å². The van der Waals surface area contributed by atoms with Crippen LogP contribution in [0.4, 0.5) is 0 Å². The molecule has 1 aromatic heterocycles. The van der Waals surface area contributed by atoms with Crippen LogP contribution in [-0.4, -0.2) is 44.5 Å². The van der Waals surface area contributed by atoms with Crippen LogP contribution in [0.3, 0.4) is 0 Å². The summed E-state index contributed by atoms with van der Waals surface area (Å²) in [5.41, 5.74) is 1.31. The second kappa shape index (κ2) is 6.04. The molecule has 1 heterocycles.